The van der Waals surface area contributed by atoms with Crippen molar-refractivity contribution < 1.29 is 14.2 Å². The molecule has 4 nitrogen and oxygen atoms in total. The molecule has 1 heterocycles. The standard InChI is InChI=1S/C17H27NO3/c1-3-20-17-10-5-4-9-15(17)16(18-2)13-19-12-14-8-6-7-11-21-14/h4-5,9-10,14,16,18H,3,6-8,11-13H2,1-2H3. The second-order valence-corrected chi connectivity index (χ2v) is 5.34. The molecule has 2 unspecified atom stereocenters. The minimum Gasteiger partial charge on any atom is -0.494 e. The molecule has 1 aliphatic heterocycles. The number of likely N-dealkylation sites (N-methyl/N-ethyl adjacent to an activating group) is 1. The van der Waals surface area contributed by atoms with E-state index in [1.54, 1.807) is 0 Å². The van der Waals surface area contributed by atoms with Crippen LogP contribution < -0.4 is 10.1 Å². The minimum absolute atomic E-state index is 0.136. The van der Waals surface area contributed by atoms with Crippen LogP contribution in [0, 0.1) is 0 Å². The molecule has 118 valence electrons. The van der Waals surface area contributed by atoms with Gasteiger partial charge in [-0.15, -0.1) is 0 Å². The lowest BCUT2D eigenvalue weighted by Crippen LogP contribution is -2.28. The first-order chi connectivity index (χ1) is 10.3. The van der Waals surface area contributed by atoms with Gasteiger partial charge in [-0.3, -0.25) is 0 Å². The Morgan fingerprint density at radius 1 is 1.33 bits per heavy atom. The summed E-state index contributed by atoms with van der Waals surface area (Å²) >= 11 is 0. The van der Waals surface area contributed by atoms with Crippen LogP contribution >= 0.6 is 0 Å². The van der Waals surface area contributed by atoms with E-state index < -0.39 is 0 Å². The number of hydrogen-bond donors (Lipinski definition) is 1. The molecule has 1 N–H and O–H groups in total. The Morgan fingerprint density at radius 3 is 2.90 bits per heavy atom. The Morgan fingerprint density at radius 2 is 2.19 bits per heavy atom. The average molecular weight is 293 g/mol. The summed E-state index contributed by atoms with van der Waals surface area (Å²) in [5.41, 5.74) is 1.14. The zero-order valence-electron chi connectivity index (χ0n) is 13.1. The van der Waals surface area contributed by atoms with E-state index in [2.05, 4.69) is 11.4 Å². The molecule has 1 aromatic rings. The van der Waals surface area contributed by atoms with E-state index in [0.29, 0.717) is 19.8 Å². The highest BCUT2D eigenvalue weighted by atomic mass is 16.5. The summed E-state index contributed by atoms with van der Waals surface area (Å²) in [5.74, 6) is 0.928. The Bertz CT molecular complexity index is 405. The molecule has 0 amide bonds. The smallest absolute Gasteiger partial charge is 0.124 e. The van der Waals surface area contributed by atoms with Crippen molar-refractivity contribution >= 4 is 0 Å². The van der Waals surface area contributed by atoms with Crippen LogP contribution in [-0.4, -0.2) is 39.6 Å². The fourth-order valence-corrected chi connectivity index (χ4v) is 2.64. The summed E-state index contributed by atoms with van der Waals surface area (Å²) in [5, 5.41) is 3.31. The summed E-state index contributed by atoms with van der Waals surface area (Å²) in [6.45, 7) is 4.85. The van der Waals surface area contributed by atoms with Crippen molar-refractivity contribution in [1.82, 2.24) is 5.32 Å². The molecule has 2 rings (SSSR count). The quantitative estimate of drug-likeness (QED) is 0.800. The third-order valence-corrected chi connectivity index (χ3v) is 3.80. The van der Waals surface area contributed by atoms with Gasteiger partial charge in [-0.1, -0.05) is 18.2 Å². The number of benzene rings is 1. The lowest BCUT2D eigenvalue weighted by Gasteiger charge is -2.24. The summed E-state index contributed by atoms with van der Waals surface area (Å²) < 4.78 is 17.3. The molecule has 0 bridgehead atoms. The molecule has 0 spiro atoms. The van der Waals surface area contributed by atoms with E-state index in [9.17, 15) is 0 Å². The maximum absolute atomic E-state index is 5.87. The number of ether oxygens (including phenoxy) is 3. The minimum atomic E-state index is 0.136. The number of rotatable bonds is 8. The largest absolute Gasteiger partial charge is 0.494 e. The van der Waals surface area contributed by atoms with E-state index in [4.69, 9.17) is 14.2 Å². The van der Waals surface area contributed by atoms with Crippen LogP contribution in [0.4, 0.5) is 0 Å². The van der Waals surface area contributed by atoms with Gasteiger partial charge >= 0.3 is 0 Å². The second-order valence-electron chi connectivity index (χ2n) is 5.34. The monoisotopic (exact) mass is 293 g/mol. The summed E-state index contributed by atoms with van der Waals surface area (Å²) in [6, 6.07) is 8.26. The molecule has 1 aromatic carbocycles. The predicted molar refractivity (Wildman–Crippen MR) is 83.8 cm³/mol. The first-order valence-electron chi connectivity index (χ1n) is 7.93. The molecule has 0 saturated carbocycles. The lowest BCUT2D eigenvalue weighted by molar-refractivity contribution is -0.0440. The van der Waals surface area contributed by atoms with Gasteiger partial charge in [-0.2, -0.15) is 0 Å². The number of nitrogens with one attached hydrogen (secondary N) is 1. The van der Waals surface area contributed by atoms with Crippen molar-refractivity contribution in [1.29, 1.82) is 0 Å². The Labute approximate surface area is 127 Å². The molecule has 4 heteroatoms. The maximum Gasteiger partial charge on any atom is 0.124 e. The zero-order chi connectivity index (χ0) is 14.9. The van der Waals surface area contributed by atoms with E-state index in [-0.39, 0.29) is 12.1 Å². The Balaban J connectivity index is 1.87. The van der Waals surface area contributed by atoms with E-state index >= 15 is 0 Å². The van der Waals surface area contributed by atoms with Crippen molar-refractivity contribution in [3.8, 4) is 5.75 Å². The number of para-hydroxylation sites is 1. The second kappa shape index (κ2) is 9.03. The van der Waals surface area contributed by atoms with Gasteiger partial charge in [0.15, 0.2) is 0 Å². The summed E-state index contributed by atoms with van der Waals surface area (Å²) in [7, 11) is 1.95. The van der Waals surface area contributed by atoms with Crippen molar-refractivity contribution in [2.45, 2.75) is 38.3 Å². The van der Waals surface area contributed by atoms with Crippen LogP contribution in [0.5, 0.6) is 5.75 Å². The third-order valence-electron chi connectivity index (χ3n) is 3.80. The van der Waals surface area contributed by atoms with Crippen LogP contribution in [0.15, 0.2) is 24.3 Å². The van der Waals surface area contributed by atoms with Crippen LogP contribution in [0.2, 0.25) is 0 Å². The van der Waals surface area contributed by atoms with Crippen molar-refractivity contribution in [2.24, 2.45) is 0 Å². The fourth-order valence-electron chi connectivity index (χ4n) is 2.64. The highest BCUT2D eigenvalue weighted by molar-refractivity contribution is 5.36. The molecule has 0 aliphatic carbocycles. The van der Waals surface area contributed by atoms with Crippen molar-refractivity contribution in [3.63, 3.8) is 0 Å². The molecular weight excluding hydrogens is 266 g/mol. The lowest BCUT2D eigenvalue weighted by atomic mass is 10.1. The molecule has 2 atom stereocenters. The molecule has 1 aliphatic rings. The summed E-state index contributed by atoms with van der Waals surface area (Å²) in [6.07, 6.45) is 3.80. The Kier molecular flexibility index (Phi) is 7.00. The highest BCUT2D eigenvalue weighted by Gasteiger charge is 2.17. The van der Waals surface area contributed by atoms with E-state index in [1.807, 2.05) is 32.2 Å². The maximum atomic E-state index is 5.87. The van der Waals surface area contributed by atoms with Gasteiger partial charge in [0, 0.05) is 12.2 Å². The van der Waals surface area contributed by atoms with Crippen LogP contribution in [0.3, 0.4) is 0 Å². The third kappa shape index (κ3) is 4.99. The van der Waals surface area contributed by atoms with Gasteiger partial charge in [0.25, 0.3) is 0 Å². The molecule has 1 saturated heterocycles. The SMILES string of the molecule is CCOc1ccccc1C(COCC1CCCCO1)NC. The molecule has 0 aromatic heterocycles. The van der Waals surface area contributed by atoms with Gasteiger partial charge in [0.05, 0.1) is 32.0 Å². The normalized spacial score (nSPS) is 20.2. The first kappa shape index (κ1) is 16.3. The first-order valence-corrected chi connectivity index (χ1v) is 7.93. The molecule has 21 heavy (non-hydrogen) atoms. The predicted octanol–water partition coefficient (Wildman–Crippen LogP) is 2.93. The van der Waals surface area contributed by atoms with Gasteiger partial charge < -0.3 is 19.5 Å². The Hall–Kier alpha value is -1.10. The average Bonchev–Trinajstić information content (AvgIpc) is 2.54. The topological polar surface area (TPSA) is 39.7 Å². The fraction of sp³-hybridized carbons (Fsp3) is 0.647. The van der Waals surface area contributed by atoms with E-state index in [0.717, 1.165) is 24.3 Å². The van der Waals surface area contributed by atoms with Gasteiger partial charge in [0.1, 0.15) is 5.75 Å². The summed E-state index contributed by atoms with van der Waals surface area (Å²) in [4.78, 5) is 0. The molecule has 0 radical (unpaired) electrons. The van der Waals surface area contributed by atoms with Crippen LogP contribution in [-0.2, 0) is 9.47 Å². The highest BCUT2D eigenvalue weighted by Crippen LogP contribution is 2.25. The van der Waals surface area contributed by atoms with Crippen LogP contribution in [0.1, 0.15) is 37.8 Å². The van der Waals surface area contributed by atoms with Gasteiger partial charge in [-0.05, 0) is 39.3 Å². The van der Waals surface area contributed by atoms with Gasteiger partial charge in [0.2, 0.25) is 0 Å². The molecular formula is C17H27NO3. The van der Waals surface area contributed by atoms with Crippen molar-refractivity contribution in [3.05, 3.63) is 29.8 Å². The van der Waals surface area contributed by atoms with Gasteiger partial charge in [-0.25, -0.2) is 0 Å². The number of hydrogen-bond acceptors (Lipinski definition) is 4. The van der Waals surface area contributed by atoms with Crippen LogP contribution in [0.25, 0.3) is 0 Å². The van der Waals surface area contributed by atoms with Crippen molar-refractivity contribution in [2.75, 3.05) is 33.5 Å². The zero-order valence-corrected chi connectivity index (χ0v) is 13.1. The van der Waals surface area contributed by atoms with E-state index in [1.165, 1.54) is 12.8 Å². The molecule has 1 fully saturated rings.